The third kappa shape index (κ3) is 4.11. The fraction of sp³-hybridized carbons (Fsp3) is 0.267. The number of hydrogen-bond acceptors (Lipinski definition) is 9. The number of tetrazole rings is 1. The van der Waals surface area contributed by atoms with E-state index in [1.54, 1.807) is 14.0 Å². The monoisotopic (exact) mass is 409 g/mol. The van der Waals surface area contributed by atoms with Gasteiger partial charge in [0.25, 0.3) is 0 Å². The van der Waals surface area contributed by atoms with Crippen LogP contribution in [-0.4, -0.2) is 44.4 Å². The second-order valence-corrected chi connectivity index (χ2v) is 7.74. The Kier molecular flexibility index (Phi) is 6.01. The number of ether oxygens (including phenoxy) is 1. The van der Waals surface area contributed by atoms with Gasteiger partial charge in [-0.05, 0) is 28.8 Å². The largest absolute Gasteiger partial charge is 0.462 e. The van der Waals surface area contributed by atoms with Crippen molar-refractivity contribution in [3.05, 3.63) is 28.5 Å². The van der Waals surface area contributed by atoms with E-state index < -0.39 is 5.97 Å². The van der Waals surface area contributed by atoms with Crippen molar-refractivity contribution in [3.63, 3.8) is 0 Å². The number of esters is 1. The lowest BCUT2D eigenvalue weighted by atomic mass is 10.1. The van der Waals surface area contributed by atoms with Crippen molar-refractivity contribution in [1.29, 1.82) is 0 Å². The molecule has 0 aliphatic heterocycles. The van der Waals surface area contributed by atoms with Crippen molar-refractivity contribution >= 4 is 51.3 Å². The minimum absolute atomic E-state index is 0.128. The van der Waals surface area contributed by atoms with Gasteiger partial charge in [0.05, 0.1) is 12.4 Å². The van der Waals surface area contributed by atoms with Gasteiger partial charge >= 0.3 is 5.97 Å². The van der Waals surface area contributed by atoms with Crippen LogP contribution in [0.25, 0.3) is 10.4 Å². The molecule has 136 valence electrons. The number of anilines is 1. The van der Waals surface area contributed by atoms with E-state index in [-0.39, 0.29) is 18.3 Å². The number of thioether (sulfide) groups is 1. The van der Waals surface area contributed by atoms with E-state index >= 15 is 0 Å². The topological polar surface area (TPSA) is 99.0 Å². The van der Waals surface area contributed by atoms with Crippen LogP contribution in [0.5, 0.6) is 0 Å². The summed E-state index contributed by atoms with van der Waals surface area (Å²) >= 11 is 4.04. The maximum atomic E-state index is 12.4. The lowest BCUT2D eigenvalue weighted by Gasteiger charge is -2.07. The first-order chi connectivity index (χ1) is 12.6. The van der Waals surface area contributed by atoms with Gasteiger partial charge in [-0.2, -0.15) is 0 Å². The van der Waals surface area contributed by atoms with Crippen LogP contribution < -0.4 is 5.32 Å². The summed E-state index contributed by atoms with van der Waals surface area (Å²) < 4.78 is 6.66. The minimum Gasteiger partial charge on any atom is -0.462 e. The van der Waals surface area contributed by atoms with Gasteiger partial charge in [-0.25, -0.2) is 9.48 Å². The van der Waals surface area contributed by atoms with Crippen LogP contribution in [0.1, 0.15) is 17.3 Å². The van der Waals surface area contributed by atoms with Gasteiger partial charge in [-0.3, -0.25) is 4.79 Å². The standard InChI is InChI=1S/C15H15N5O3S3/c1-3-23-14(22)12-9(10-5-4-6-24-10)7-25-13(12)16-11(21)8-26-15-17-18-19-20(15)2/h4-7H,3,8H2,1-2H3,(H,16,21). The average molecular weight is 410 g/mol. The normalized spacial score (nSPS) is 10.7. The Bertz CT molecular complexity index is 904. The van der Waals surface area contributed by atoms with Crippen molar-refractivity contribution < 1.29 is 14.3 Å². The van der Waals surface area contributed by atoms with E-state index in [0.29, 0.717) is 15.7 Å². The highest BCUT2D eigenvalue weighted by Crippen LogP contribution is 2.38. The maximum Gasteiger partial charge on any atom is 0.341 e. The zero-order valence-electron chi connectivity index (χ0n) is 14.0. The molecule has 0 saturated carbocycles. The Morgan fingerprint density at radius 2 is 2.23 bits per heavy atom. The Morgan fingerprint density at radius 3 is 2.88 bits per heavy atom. The molecule has 0 spiro atoms. The van der Waals surface area contributed by atoms with Gasteiger partial charge in [0.2, 0.25) is 11.1 Å². The number of nitrogens with one attached hydrogen (secondary N) is 1. The predicted molar refractivity (Wildman–Crippen MR) is 102 cm³/mol. The second-order valence-electron chi connectivity index (χ2n) is 4.97. The molecule has 3 heterocycles. The SMILES string of the molecule is CCOC(=O)c1c(-c2cccs2)csc1NC(=O)CSc1nnnn1C. The summed E-state index contributed by atoms with van der Waals surface area (Å²) in [5.41, 5.74) is 1.15. The molecule has 1 amide bonds. The van der Waals surface area contributed by atoms with Crippen LogP contribution in [-0.2, 0) is 16.6 Å². The number of aryl methyl sites for hydroxylation is 1. The lowest BCUT2D eigenvalue weighted by Crippen LogP contribution is -2.16. The van der Waals surface area contributed by atoms with Crippen molar-refractivity contribution in [2.24, 2.45) is 7.05 Å². The molecule has 26 heavy (non-hydrogen) atoms. The number of thiophene rings is 2. The van der Waals surface area contributed by atoms with Crippen LogP contribution in [0.15, 0.2) is 28.0 Å². The van der Waals surface area contributed by atoms with Crippen molar-refractivity contribution in [2.45, 2.75) is 12.1 Å². The maximum absolute atomic E-state index is 12.4. The molecular formula is C15H15N5O3S3. The first-order valence-corrected chi connectivity index (χ1v) is 10.3. The molecule has 3 rings (SSSR count). The van der Waals surface area contributed by atoms with Crippen LogP contribution in [0.4, 0.5) is 5.00 Å². The summed E-state index contributed by atoms with van der Waals surface area (Å²) in [6.45, 7) is 2.01. The highest BCUT2D eigenvalue weighted by molar-refractivity contribution is 7.99. The molecule has 0 bridgehead atoms. The number of nitrogens with zero attached hydrogens (tertiary/aromatic N) is 4. The van der Waals surface area contributed by atoms with E-state index in [4.69, 9.17) is 4.74 Å². The Balaban J connectivity index is 1.77. The average Bonchev–Trinajstić information content (AvgIpc) is 3.33. The summed E-state index contributed by atoms with van der Waals surface area (Å²) in [6, 6.07) is 3.84. The number of carbonyl (C=O) groups is 2. The zero-order valence-corrected chi connectivity index (χ0v) is 16.4. The molecule has 0 atom stereocenters. The van der Waals surface area contributed by atoms with E-state index in [1.165, 1.54) is 39.1 Å². The summed E-state index contributed by atoms with van der Waals surface area (Å²) in [4.78, 5) is 25.7. The molecule has 8 nitrogen and oxygen atoms in total. The molecule has 3 aromatic heterocycles. The summed E-state index contributed by atoms with van der Waals surface area (Å²) in [5, 5.41) is 18.7. The highest BCUT2D eigenvalue weighted by Gasteiger charge is 2.23. The Hall–Kier alpha value is -2.24. The van der Waals surface area contributed by atoms with Gasteiger partial charge < -0.3 is 10.1 Å². The van der Waals surface area contributed by atoms with Crippen molar-refractivity contribution in [2.75, 3.05) is 17.7 Å². The molecule has 0 saturated heterocycles. The number of aromatic nitrogens is 4. The zero-order chi connectivity index (χ0) is 18.5. The van der Waals surface area contributed by atoms with Gasteiger partial charge in [-0.1, -0.05) is 17.8 Å². The van der Waals surface area contributed by atoms with Gasteiger partial charge in [0.15, 0.2) is 0 Å². The molecule has 0 fully saturated rings. The fourth-order valence-corrected chi connectivity index (χ4v) is 4.54. The van der Waals surface area contributed by atoms with E-state index in [0.717, 1.165) is 10.4 Å². The molecule has 0 aromatic carbocycles. The molecular weight excluding hydrogens is 394 g/mol. The highest BCUT2D eigenvalue weighted by atomic mass is 32.2. The smallest absolute Gasteiger partial charge is 0.341 e. The number of rotatable bonds is 7. The quantitative estimate of drug-likeness (QED) is 0.473. The van der Waals surface area contributed by atoms with Crippen molar-refractivity contribution in [1.82, 2.24) is 20.2 Å². The minimum atomic E-state index is -0.447. The van der Waals surface area contributed by atoms with E-state index in [9.17, 15) is 9.59 Å². The fourth-order valence-electron chi connectivity index (χ4n) is 2.11. The molecule has 0 aliphatic carbocycles. The number of hydrogen-bond donors (Lipinski definition) is 1. The van der Waals surface area contributed by atoms with Crippen LogP contribution in [0.3, 0.4) is 0 Å². The van der Waals surface area contributed by atoms with Crippen LogP contribution in [0, 0.1) is 0 Å². The van der Waals surface area contributed by atoms with E-state index in [1.807, 2.05) is 22.9 Å². The van der Waals surface area contributed by atoms with Gasteiger partial charge in [0.1, 0.15) is 10.6 Å². The first kappa shape index (κ1) is 18.5. The van der Waals surface area contributed by atoms with Gasteiger partial charge in [-0.15, -0.1) is 27.8 Å². The predicted octanol–water partition coefficient (Wildman–Crippen LogP) is 2.91. The third-order valence-electron chi connectivity index (χ3n) is 3.22. The van der Waals surface area contributed by atoms with Crippen LogP contribution in [0.2, 0.25) is 0 Å². The summed E-state index contributed by atoms with van der Waals surface area (Å²) in [6.07, 6.45) is 0. The van der Waals surface area contributed by atoms with E-state index in [2.05, 4.69) is 20.8 Å². The summed E-state index contributed by atoms with van der Waals surface area (Å²) in [7, 11) is 1.70. The molecule has 1 N–H and O–H groups in total. The Morgan fingerprint density at radius 1 is 1.38 bits per heavy atom. The molecule has 0 aliphatic rings. The first-order valence-electron chi connectivity index (χ1n) is 7.57. The van der Waals surface area contributed by atoms with Crippen molar-refractivity contribution in [3.8, 4) is 10.4 Å². The molecule has 0 radical (unpaired) electrons. The Labute approximate surface area is 161 Å². The van der Waals surface area contributed by atoms with Crippen LogP contribution >= 0.6 is 34.4 Å². The molecule has 0 unspecified atom stereocenters. The third-order valence-corrected chi connectivity index (χ3v) is 6.03. The number of carbonyl (C=O) groups excluding carboxylic acids is 2. The molecule has 11 heteroatoms. The molecule has 3 aromatic rings. The van der Waals surface area contributed by atoms with Gasteiger partial charge in [0, 0.05) is 22.9 Å². The summed E-state index contributed by atoms with van der Waals surface area (Å²) in [5.74, 6) is -0.566. The number of amides is 1. The second kappa shape index (κ2) is 8.43. The lowest BCUT2D eigenvalue weighted by molar-refractivity contribution is -0.113.